The van der Waals surface area contributed by atoms with Crippen molar-refractivity contribution in [3.63, 3.8) is 0 Å². The summed E-state index contributed by atoms with van der Waals surface area (Å²) in [7, 11) is 0. The fraction of sp³-hybridized carbons (Fsp3) is 0.750. The van der Waals surface area contributed by atoms with Crippen molar-refractivity contribution in [2.24, 2.45) is 5.92 Å². The lowest BCUT2D eigenvalue weighted by molar-refractivity contribution is -0.134. The molecule has 19 heavy (non-hydrogen) atoms. The van der Waals surface area contributed by atoms with E-state index in [2.05, 4.69) is 18.8 Å². The topological polar surface area (TPSA) is 25.4 Å². The first-order chi connectivity index (χ1) is 8.88. The van der Waals surface area contributed by atoms with Crippen molar-refractivity contribution in [2.45, 2.75) is 32.5 Å². The maximum Gasteiger partial charge on any atom is 0.427 e. The molecule has 7 heteroatoms. The third-order valence-corrected chi connectivity index (χ3v) is 4.19. The van der Waals surface area contributed by atoms with E-state index in [4.69, 9.17) is 4.74 Å². The molecule has 0 saturated carbocycles. The second-order valence-corrected chi connectivity index (χ2v) is 5.97. The Labute approximate surface area is 114 Å². The van der Waals surface area contributed by atoms with Gasteiger partial charge in [0, 0.05) is 19.7 Å². The van der Waals surface area contributed by atoms with Crippen LogP contribution < -0.4 is 4.90 Å². The standard InChI is InChI=1S/C12H17F3N2OS/c1-8(2)9-7-17(4-3-5-18-9)11-16-6-10(19-11)12(13,14)15/h6,8-9H,3-5,7H2,1-2H3. The van der Waals surface area contributed by atoms with Gasteiger partial charge < -0.3 is 9.64 Å². The first-order valence-corrected chi connectivity index (χ1v) is 7.09. The summed E-state index contributed by atoms with van der Waals surface area (Å²) in [6, 6.07) is 0. The molecule has 3 nitrogen and oxygen atoms in total. The third-order valence-electron chi connectivity index (χ3n) is 3.09. The highest BCUT2D eigenvalue weighted by molar-refractivity contribution is 7.15. The van der Waals surface area contributed by atoms with Crippen molar-refractivity contribution in [3.05, 3.63) is 11.1 Å². The second kappa shape index (κ2) is 5.66. The summed E-state index contributed by atoms with van der Waals surface area (Å²) in [4.78, 5) is 5.17. The predicted molar refractivity (Wildman–Crippen MR) is 68.5 cm³/mol. The highest BCUT2D eigenvalue weighted by atomic mass is 32.1. The summed E-state index contributed by atoms with van der Waals surface area (Å²) >= 11 is 0.704. The molecule has 1 fully saturated rings. The van der Waals surface area contributed by atoms with Gasteiger partial charge in [-0.2, -0.15) is 13.2 Å². The number of anilines is 1. The summed E-state index contributed by atoms with van der Waals surface area (Å²) in [5.74, 6) is 0.336. The molecule has 0 radical (unpaired) electrons. The van der Waals surface area contributed by atoms with Gasteiger partial charge in [0.15, 0.2) is 5.13 Å². The van der Waals surface area contributed by atoms with Gasteiger partial charge in [0.25, 0.3) is 0 Å². The summed E-state index contributed by atoms with van der Waals surface area (Å²) < 4.78 is 43.4. The zero-order chi connectivity index (χ0) is 14.0. The Morgan fingerprint density at radius 2 is 2.21 bits per heavy atom. The largest absolute Gasteiger partial charge is 0.427 e. The van der Waals surface area contributed by atoms with E-state index in [0.717, 1.165) is 12.6 Å². The zero-order valence-corrected chi connectivity index (χ0v) is 11.7. The molecule has 1 unspecified atom stereocenters. The molecule has 1 aliphatic rings. The highest BCUT2D eigenvalue weighted by Gasteiger charge is 2.34. The molecule has 2 rings (SSSR count). The molecule has 1 atom stereocenters. The van der Waals surface area contributed by atoms with Crippen molar-refractivity contribution in [1.82, 2.24) is 4.98 Å². The number of alkyl halides is 3. The van der Waals surface area contributed by atoms with E-state index >= 15 is 0 Å². The lowest BCUT2D eigenvalue weighted by Crippen LogP contribution is -2.34. The molecule has 1 aromatic rings. The molecule has 0 amide bonds. The van der Waals surface area contributed by atoms with Gasteiger partial charge in [-0.3, -0.25) is 0 Å². The van der Waals surface area contributed by atoms with Crippen LogP contribution in [0, 0.1) is 5.92 Å². The van der Waals surface area contributed by atoms with Gasteiger partial charge in [-0.1, -0.05) is 25.2 Å². The molecule has 0 spiro atoms. The minimum absolute atomic E-state index is 0.0423. The van der Waals surface area contributed by atoms with E-state index in [9.17, 15) is 13.2 Å². The summed E-state index contributed by atoms with van der Waals surface area (Å²) in [5.41, 5.74) is 0. The SMILES string of the molecule is CC(C)C1CN(c2ncc(C(F)(F)F)s2)CCCO1. The van der Waals surface area contributed by atoms with Crippen LogP contribution in [0.15, 0.2) is 6.20 Å². The van der Waals surface area contributed by atoms with Crippen LogP contribution in [0.4, 0.5) is 18.3 Å². The van der Waals surface area contributed by atoms with Gasteiger partial charge in [-0.25, -0.2) is 4.98 Å². The third kappa shape index (κ3) is 3.60. The average Bonchev–Trinajstić information content (AvgIpc) is 2.67. The van der Waals surface area contributed by atoms with Gasteiger partial charge >= 0.3 is 6.18 Å². The number of nitrogens with zero attached hydrogens (tertiary/aromatic N) is 2. The van der Waals surface area contributed by atoms with Crippen LogP contribution in [0.5, 0.6) is 0 Å². The van der Waals surface area contributed by atoms with Gasteiger partial charge in [-0.15, -0.1) is 0 Å². The van der Waals surface area contributed by atoms with Gasteiger partial charge in [-0.05, 0) is 12.3 Å². The minimum atomic E-state index is -4.31. The highest BCUT2D eigenvalue weighted by Crippen LogP contribution is 2.36. The maximum atomic E-state index is 12.6. The van der Waals surface area contributed by atoms with Crippen LogP contribution in [0.25, 0.3) is 0 Å². The van der Waals surface area contributed by atoms with E-state index in [-0.39, 0.29) is 6.10 Å². The summed E-state index contributed by atoms with van der Waals surface area (Å²) in [6.07, 6.45) is -2.54. The van der Waals surface area contributed by atoms with Crippen molar-refractivity contribution >= 4 is 16.5 Å². The molecule has 0 bridgehead atoms. The molecule has 1 saturated heterocycles. The first-order valence-electron chi connectivity index (χ1n) is 6.27. The van der Waals surface area contributed by atoms with Crippen molar-refractivity contribution in [3.8, 4) is 0 Å². The van der Waals surface area contributed by atoms with E-state index in [1.165, 1.54) is 0 Å². The van der Waals surface area contributed by atoms with Crippen LogP contribution in [0.2, 0.25) is 0 Å². The molecule has 108 valence electrons. The number of rotatable bonds is 2. The van der Waals surface area contributed by atoms with Crippen LogP contribution in [-0.2, 0) is 10.9 Å². The molecule has 1 aromatic heterocycles. The summed E-state index contributed by atoms with van der Waals surface area (Å²) in [5, 5.41) is 0.434. The number of hydrogen-bond donors (Lipinski definition) is 0. The predicted octanol–water partition coefficient (Wildman–Crippen LogP) is 3.41. The van der Waals surface area contributed by atoms with Gasteiger partial charge in [0.2, 0.25) is 0 Å². The van der Waals surface area contributed by atoms with Gasteiger partial charge in [0.05, 0.1) is 12.3 Å². The van der Waals surface area contributed by atoms with Crippen LogP contribution >= 0.6 is 11.3 Å². The first kappa shape index (κ1) is 14.6. The molecular weight excluding hydrogens is 277 g/mol. The monoisotopic (exact) mass is 294 g/mol. The summed E-state index contributed by atoms with van der Waals surface area (Å²) in [6.45, 7) is 6.04. The van der Waals surface area contributed by atoms with Crippen molar-refractivity contribution in [2.75, 3.05) is 24.6 Å². The fourth-order valence-electron chi connectivity index (χ4n) is 1.97. The fourth-order valence-corrected chi connectivity index (χ4v) is 2.79. The Balaban J connectivity index is 2.13. The normalized spacial score (nSPS) is 21.8. The second-order valence-electron chi connectivity index (χ2n) is 4.96. The van der Waals surface area contributed by atoms with Crippen LogP contribution in [-0.4, -0.2) is 30.8 Å². The smallest absolute Gasteiger partial charge is 0.376 e. The Kier molecular flexibility index (Phi) is 4.35. The maximum absolute atomic E-state index is 12.6. The molecule has 0 aliphatic carbocycles. The molecule has 1 aliphatic heterocycles. The van der Waals surface area contributed by atoms with Crippen molar-refractivity contribution < 1.29 is 17.9 Å². The van der Waals surface area contributed by atoms with E-state index in [0.29, 0.717) is 42.1 Å². The van der Waals surface area contributed by atoms with Crippen LogP contribution in [0.1, 0.15) is 25.1 Å². The van der Waals surface area contributed by atoms with E-state index in [1.807, 2.05) is 4.90 Å². The number of hydrogen-bond acceptors (Lipinski definition) is 4. The lowest BCUT2D eigenvalue weighted by atomic mass is 10.1. The Morgan fingerprint density at radius 1 is 1.47 bits per heavy atom. The number of aromatic nitrogens is 1. The Hall–Kier alpha value is -0.820. The molecule has 2 heterocycles. The number of halogens is 3. The number of ether oxygens (including phenoxy) is 1. The molecular formula is C12H17F3N2OS. The lowest BCUT2D eigenvalue weighted by Gasteiger charge is -2.25. The number of thiazole rings is 1. The molecule has 0 N–H and O–H groups in total. The average molecular weight is 294 g/mol. The zero-order valence-electron chi connectivity index (χ0n) is 10.9. The van der Waals surface area contributed by atoms with E-state index < -0.39 is 11.1 Å². The van der Waals surface area contributed by atoms with Gasteiger partial charge in [0.1, 0.15) is 4.88 Å². The quantitative estimate of drug-likeness (QED) is 0.836. The van der Waals surface area contributed by atoms with Crippen molar-refractivity contribution in [1.29, 1.82) is 0 Å². The Bertz CT molecular complexity index is 419. The Morgan fingerprint density at radius 3 is 2.79 bits per heavy atom. The minimum Gasteiger partial charge on any atom is -0.376 e. The molecule has 0 aromatic carbocycles. The van der Waals surface area contributed by atoms with Crippen LogP contribution in [0.3, 0.4) is 0 Å². The van der Waals surface area contributed by atoms with E-state index in [1.54, 1.807) is 0 Å².